The first-order valence-electron chi connectivity index (χ1n) is 6.29. The summed E-state index contributed by atoms with van der Waals surface area (Å²) in [5, 5.41) is 2.54. The first-order chi connectivity index (χ1) is 8.86. The van der Waals surface area contributed by atoms with Gasteiger partial charge < -0.3 is 5.73 Å². The highest BCUT2D eigenvalue weighted by Crippen LogP contribution is 2.33. The van der Waals surface area contributed by atoms with Gasteiger partial charge in [0.2, 0.25) is 10.0 Å². The molecule has 0 spiro atoms. The van der Waals surface area contributed by atoms with E-state index in [1.807, 2.05) is 24.1 Å². The molecule has 4 nitrogen and oxygen atoms in total. The molecule has 2 heterocycles. The number of thioether (sulfide) groups is 1. The second-order valence-corrected chi connectivity index (χ2v) is 9.68. The molecular weight excluding hydrogens is 300 g/mol. The minimum absolute atomic E-state index is 0.279. The summed E-state index contributed by atoms with van der Waals surface area (Å²) in [7, 11) is -3.41. The molecule has 1 saturated heterocycles. The summed E-state index contributed by atoms with van der Waals surface area (Å²) >= 11 is 3.28. The molecule has 7 heteroatoms. The molecule has 1 aromatic heterocycles. The zero-order valence-corrected chi connectivity index (χ0v) is 13.9. The van der Waals surface area contributed by atoms with Crippen LogP contribution in [0.15, 0.2) is 10.3 Å². The fourth-order valence-electron chi connectivity index (χ4n) is 2.43. The lowest BCUT2D eigenvalue weighted by Crippen LogP contribution is -2.44. The Bertz CT molecular complexity index is 543. The van der Waals surface area contributed by atoms with E-state index in [9.17, 15) is 8.42 Å². The molecule has 2 atom stereocenters. The monoisotopic (exact) mass is 320 g/mol. The SMILES string of the molecule is Cc1csc(CN)c1S(=O)(=O)N1CC(C)SC(C)C1. The van der Waals surface area contributed by atoms with Gasteiger partial charge >= 0.3 is 0 Å². The van der Waals surface area contributed by atoms with Crippen LogP contribution in [0.3, 0.4) is 0 Å². The van der Waals surface area contributed by atoms with Crippen LogP contribution in [-0.2, 0) is 16.6 Å². The van der Waals surface area contributed by atoms with E-state index in [-0.39, 0.29) is 6.54 Å². The highest BCUT2D eigenvalue weighted by Gasteiger charge is 2.34. The molecule has 0 bridgehead atoms. The van der Waals surface area contributed by atoms with Gasteiger partial charge in [0.15, 0.2) is 0 Å². The highest BCUT2D eigenvalue weighted by atomic mass is 32.2. The molecular formula is C12H20N2O2S3. The Morgan fingerprint density at radius 3 is 2.47 bits per heavy atom. The standard InChI is InChI=1S/C12H20N2O2S3/c1-8-7-17-11(4-13)12(8)19(15,16)14-5-9(2)18-10(3)6-14/h7,9-10H,4-6,13H2,1-3H3. The van der Waals surface area contributed by atoms with Crippen molar-refractivity contribution in [3.63, 3.8) is 0 Å². The minimum Gasteiger partial charge on any atom is -0.326 e. The zero-order valence-electron chi connectivity index (χ0n) is 11.4. The quantitative estimate of drug-likeness (QED) is 0.925. The molecule has 1 aliphatic rings. The van der Waals surface area contributed by atoms with Crippen LogP contribution in [0.5, 0.6) is 0 Å². The Balaban J connectivity index is 2.39. The number of sulfonamides is 1. The number of nitrogens with zero attached hydrogens (tertiary/aromatic N) is 1. The fourth-order valence-corrected chi connectivity index (χ4v) is 7.22. The Labute approximate surface area is 123 Å². The second kappa shape index (κ2) is 5.73. The molecule has 2 unspecified atom stereocenters. The summed E-state index contributed by atoms with van der Waals surface area (Å²) in [6.45, 7) is 7.43. The summed E-state index contributed by atoms with van der Waals surface area (Å²) in [6, 6.07) is 0. The van der Waals surface area contributed by atoms with Gasteiger partial charge in [-0.25, -0.2) is 8.42 Å². The van der Waals surface area contributed by atoms with E-state index in [0.29, 0.717) is 28.5 Å². The lowest BCUT2D eigenvalue weighted by Gasteiger charge is -2.33. The maximum atomic E-state index is 12.8. The van der Waals surface area contributed by atoms with E-state index in [1.54, 1.807) is 4.31 Å². The predicted molar refractivity (Wildman–Crippen MR) is 82.2 cm³/mol. The van der Waals surface area contributed by atoms with Crippen molar-refractivity contribution in [1.82, 2.24) is 4.31 Å². The van der Waals surface area contributed by atoms with E-state index in [1.165, 1.54) is 11.3 Å². The fraction of sp³-hybridized carbons (Fsp3) is 0.667. The van der Waals surface area contributed by atoms with Gasteiger partial charge in [-0.2, -0.15) is 16.1 Å². The van der Waals surface area contributed by atoms with Crippen LogP contribution in [0.25, 0.3) is 0 Å². The van der Waals surface area contributed by atoms with Gasteiger partial charge in [-0.05, 0) is 17.9 Å². The number of rotatable bonds is 3. The van der Waals surface area contributed by atoms with E-state index < -0.39 is 10.0 Å². The van der Waals surface area contributed by atoms with Gasteiger partial charge in [0, 0.05) is 35.0 Å². The van der Waals surface area contributed by atoms with Crippen molar-refractivity contribution >= 4 is 33.1 Å². The maximum absolute atomic E-state index is 12.8. The Morgan fingerprint density at radius 2 is 1.95 bits per heavy atom. The maximum Gasteiger partial charge on any atom is 0.244 e. The van der Waals surface area contributed by atoms with Crippen LogP contribution in [0.4, 0.5) is 0 Å². The van der Waals surface area contributed by atoms with E-state index >= 15 is 0 Å². The molecule has 0 saturated carbocycles. The van der Waals surface area contributed by atoms with Crippen molar-refractivity contribution in [1.29, 1.82) is 0 Å². The molecule has 0 aromatic carbocycles. The number of aryl methyl sites for hydroxylation is 1. The second-order valence-electron chi connectivity index (χ2n) is 4.95. The van der Waals surface area contributed by atoms with Crippen LogP contribution < -0.4 is 5.73 Å². The van der Waals surface area contributed by atoms with Crippen molar-refractivity contribution < 1.29 is 8.42 Å². The summed E-state index contributed by atoms with van der Waals surface area (Å²) in [6.07, 6.45) is 0. The summed E-state index contributed by atoms with van der Waals surface area (Å²) < 4.78 is 27.2. The lowest BCUT2D eigenvalue weighted by atomic mass is 10.3. The molecule has 2 rings (SSSR count). The van der Waals surface area contributed by atoms with Crippen molar-refractivity contribution in [3.8, 4) is 0 Å². The van der Waals surface area contributed by atoms with Crippen LogP contribution in [-0.4, -0.2) is 36.3 Å². The third-order valence-electron chi connectivity index (χ3n) is 3.16. The number of hydrogen-bond donors (Lipinski definition) is 1. The summed E-state index contributed by atoms with van der Waals surface area (Å²) in [4.78, 5) is 1.20. The molecule has 0 aliphatic carbocycles. The van der Waals surface area contributed by atoms with E-state index in [4.69, 9.17) is 5.73 Å². The Hall–Kier alpha value is -0.0800. The third-order valence-corrected chi connectivity index (χ3v) is 7.70. The van der Waals surface area contributed by atoms with Gasteiger partial charge in [-0.3, -0.25) is 0 Å². The van der Waals surface area contributed by atoms with Gasteiger partial charge in [-0.1, -0.05) is 13.8 Å². The van der Waals surface area contributed by atoms with Gasteiger partial charge in [-0.15, -0.1) is 11.3 Å². The average molecular weight is 321 g/mol. The smallest absolute Gasteiger partial charge is 0.244 e. The molecule has 1 aliphatic heterocycles. The van der Waals surface area contributed by atoms with Crippen molar-refractivity contribution in [2.24, 2.45) is 5.73 Å². The largest absolute Gasteiger partial charge is 0.326 e. The van der Waals surface area contributed by atoms with E-state index in [2.05, 4.69) is 13.8 Å². The number of hydrogen-bond acceptors (Lipinski definition) is 5. The normalized spacial score (nSPS) is 25.7. The lowest BCUT2D eigenvalue weighted by molar-refractivity contribution is 0.404. The third kappa shape index (κ3) is 3.00. The van der Waals surface area contributed by atoms with Crippen molar-refractivity contribution in [3.05, 3.63) is 15.8 Å². The zero-order chi connectivity index (χ0) is 14.2. The Morgan fingerprint density at radius 1 is 1.37 bits per heavy atom. The van der Waals surface area contributed by atoms with Gasteiger partial charge in [0.05, 0.1) is 0 Å². The van der Waals surface area contributed by atoms with Crippen LogP contribution in [0, 0.1) is 6.92 Å². The number of nitrogens with two attached hydrogens (primary N) is 1. The predicted octanol–water partition coefficient (Wildman–Crippen LogP) is 2.03. The molecule has 1 aromatic rings. The Kier molecular flexibility index (Phi) is 4.62. The summed E-state index contributed by atoms with van der Waals surface area (Å²) in [5.74, 6) is 0. The summed E-state index contributed by atoms with van der Waals surface area (Å²) in [5.41, 5.74) is 6.48. The highest BCUT2D eigenvalue weighted by molar-refractivity contribution is 8.00. The first kappa shape index (κ1) is 15.3. The van der Waals surface area contributed by atoms with Crippen LogP contribution >= 0.6 is 23.1 Å². The molecule has 2 N–H and O–H groups in total. The average Bonchev–Trinajstić information content (AvgIpc) is 2.69. The van der Waals surface area contributed by atoms with Crippen LogP contribution in [0.1, 0.15) is 24.3 Å². The van der Waals surface area contributed by atoms with Crippen molar-refractivity contribution in [2.45, 2.75) is 42.7 Å². The molecule has 0 radical (unpaired) electrons. The number of thiophene rings is 1. The topological polar surface area (TPSA) is 63.4 Å². The molecule has 108 valence electrons. The van der Waals surface area contributed by atoms with Crippen LogP contribution in [0.2, 0.25) is 0 Å². The molecule has 19 heavy (non-hydrogen) atoms. The molecule has 0 amide bonds. The van der Waals surface area contributed by atoms with Crippen molar-refractivity contribution in [2.75, 3.05) is 13.1 Å². The van der Waals surface area contributed by atoms with E-state index in [0.717, 1.165) is 10.4 Å². The van der Waals surface area contributed by atoms with Gasteiger partial charge in [0.25, 0.3) is 0 Å². The van der Waals surface area contributed by atoms with Gasteiger partial charge in [0.1, 0.15) is 4.90 Å². The first-order valence-corrected chi connectivity index (χ1v) is 9.55. The minimum atomic E-state index is -3.41. The molecule has 1 fully saturated rings.